The second-order valence-corrected chi connectivity index (χ2v) is 8.14. The molecule has 1 aliphatic carbocycles. The molecule has 1 aromatic carbocycles. The molecule has 0 saturated heterocycles. The van der Waals surface area contributed by atoms with E-state index in [2.05, 4.69) is 41.4 Å². The minimum absolute atomic E-state index is 0.0640. The summed E-state index contributed by atoms with van der Waals surface area (Å²) in [5.74, 6) is 0.541. The van der Waals surface area contributed by atoms with E-state index < -0.39 is 0 Å². The predicted molar refractivity (Wildman–Crippen MR) is 90.3 cm³/mol. The molecule has 21 heavy (non-hydrogen) atoms. The molecule has 1 aromatic heterocycles. The molecule has 0 bridgehead atoms. The Labute approximate surface area is 133 Å². The SMILES string of the molecule is CC1CC(Sc2nnc(N(C)C)s2)C(N)c2ccccc21. The fraction of sp³-hybridized carbons (Fsp3) is 0.467. The van der Waals surface area contributed by atoms with Crippen LogP contribution in [0.25, 0.3) is 0 Å². The van der Waals surface area contributed by atoms with E-state index in [9.17, 15) is 0 Å². The number of fused-ring (bicyclic) bond motifs is 1. The molecule has 0 spiro atoms. The third-order valence-corrected chi connectivity index (χ3v) is 6.40. The minimum Gasteiger partial charge on any atom is -0.353 e. The number of hydrogen-bond acceptors (Lipinski definition) is 6. The van der Waals surface area contributed by atoms with Gasteiger partial charge in [0.2, 0.25) is 5.13 Å². The van der Waals surface area contributed by atoms with E-state index in [1.54, 1.807) is 23.1 Å². The van der Waals surface area contributed by atoms with Gasteiger partial charge in [-0.15, -0.1) is 10.2 Å². The second kappa shape index (κ2) is 5.94. The number of hydrogen-bond donors (Lipinski definition) is 1. The molecule has 2 N–H and O–H groups in total. The van der Waals surface area contributed by atoms with E-state index in [1.165, 1.54) is 11.1 Å². The van der Waals surface area contributed by atoms with E-state index in [4.69, 9.17) is 5.73 Å². The fourth-order valence-electron chi connectivity index (χ4n) is 2.77. The van der Waals surface area contributed by atoms with Gasteiger partial charge in [0.05, 0.1) is 0 Å². The molecule has 4 nitrogen and oxygen atoms in total. The van der Waals surface area contributed by atoms with Crippen LogP contribution in [0.15, 0.2) is 28.6 Å². The molecular formula is C15H20N4S2. The van der Waals surface area contributed by atoms with E-state index in [1.807, 2.05) is 19.0 Å². The summed E-state index contributed by atoms with van der Waals surface area (Å²) in [5.41, 5.74) is 9.17. The van der Waals surface area contributed by atoms with Crippen LogP contribution < -0.4 is 10.6 Å². The van der Waals surface area contributed by atoms with E-state index in [0.29, 0.717) is 11.2 Å². The van der Waals surface area contributed by atoms with Crippen molar-refractivity contribution in [3.05, 3.63) is 35.4 Å². The predicted octanol–water partition coefficient (Wildman–Crippen LogP) is 3.27. The highest BCUT2D eigenvalue weighted by atomic mass is 32.2. The van der Waals surface area contributed by atoms with Gasteiger partial charge in [0, 0.05) is 25.4 Å². The van der Waals surface area contributed by atoms with Crippen molar-refractivity contribution in [1.82, 2.24) is 10.2 Å². The second-order valence-electron chi connectivity index (χ2n) is 5.69. The molecule has 6 heteroatoms. The van der Waals surface area contributed by atoms with Gasteiger partial charge >= 0.3 is 0 Å². The normalized spacial score (nSPS) is 24.7. The number of nitrogens with zero attached hydrogens (tertiary/aromatic N) is 3. The van der Waals surface area contributed by atoms with Crippen LogP contribution in [0.1, 0.15) is 36.4 Å². The summed E-state index contributed by atoms with van der Waals surface area (Å²) in [4.78, 5) is 1.99. The smallest absolute Gasteiger partial charge is 0.208 e. The maximum absolute atomic E-state index is 6.49. The molecule has 2 aromatic rings. The lowest BCUT2D eigenvalue weighted by Gasteiger charge is -2.33. The molecule has 1 heterocycles. The van der Waals surface area contributed by atoms with Gasteiger partial charge in [-0.3, -0.25) is 0 Å². The monoisotopic (exact) mass is 320 g/mol. The number of benzene rings is 1. The van der Waals surface area contributed by atoms with Crippen LogP contribution in [0.2, 0.25) is 0 Å². The Hall–Kier alpha value is -1.11. The Balaban J connectivity index is 1.80. The Morgan fingerprint density at radius 1 is 1.24 bits per heavy atom. The van der Waals surface area contributed by atoms with Gasteiger partial charge in [0.1, 0.15) is 0 Å². The summed E-state index contributed by atoms with van der Waals surface area (Å²) < 4.78 is 1.01. The van der Waals surface area contributed by atoms with Crippen molar-refractivity contribution in [3.8, 4) is 0 Å². The Kier molecular flexibility index (Phi) is 4.19. The van der Waals surface area contributed by atoms with E-state index >= 15 is 0 Å². The summed E-state index contributed by atoms with van der Waals surface area (Å²) in [5, 5.41) is 9.78. The van der Waals surface area contributed by atoms with Crippen molar-refractivity contribution < 1.29 is 0 Å². The highest BCUT2D eigenvalue weighted by Crippen LogP contribution is 2.44. The third kappa shape index (κ3) is 2.93. The quantitative estimate of drug-likeness (QED) is 0.940. The van der Waals surface area contributed by atoms with Crippen molar-refractivity contribution >= 4 is 28.2 Å². The van der Waals surface area contributed by atoms with Crippen LogP contribution in [-0.2, 0) is 0 Å². The number of aromatic nitrogens is 2. The maximum atomic E-state index is 6.49. The van der Waals surface area contributed by atoms with Gasteiger partial charge in [-0.1, -0.05) is 54.3 Å². The van der Waals surface area contributed by atoms with Gasteiger partial charge < -0.3 is 10.6 Å². The molecule has 3 unspecified atom stereocenters. The first-order valence-electron chi connectivity index (χ1n) is 7.08. The van der Waals surface area contributed by atoms with Crippen LogP contribution in [-0.4, -0.2) is 29.5 Å². The summed E-state index contributed by atoms with van der Waals surface area (Å²) in [6.07, 6.45) is 1.08. The highest BCUT2D eigenvalue weighted by molar-refractivity contribution is 8.01. The molecule has 3 rings (SSSR count). The number of thioether (sulfide) groups is 1. The van der Waals surface area contributed by atoms with Crippen molar-refractivity contribution in [1.29, 1.82) is 0 Å². The van der Waals surface area contributed by atoms with Crippen LogP contribution >= 0.6 is 23.1 Å². The van der Waals surface area contributed by atoms with Crippen molar-refractivity contribution in [2.24, 2.45) is 5.73 Å². The summed E-state index contributed by atoms with van der Waals surface area (Å²) in [7, 11) is 3.97. The zero-order valence-corrected chi connectivity index (χ0v) is 14.1. The lowest BCUT2D eigenvalue weighted by Crippen LogP contribution is -2.30. The minimum atomic E-state index is 0.0640. The standard InChI is InChI=1S/C15H20N4S2/c1-9-8-12(13(16)11-7-5-4-6-10(9)11)20-15-18-17-14(21-15)19(2)3/h4-7,9,12-13H,8,16H2,1-3H3. The van der Waals surface area contributed by atoms with E-state index in [0.717, 1.165) is 15.9 Å². The van der Waals surface area contributed by atoms with Gasteiger partial charge in [0.15, 0.2) is 4.34 Å². The first-order valence-corrected chi connectivity index (χ1v) is 8.77. The number of nitrogens with two attached hydrogens (primary N) is 1. The van der Waals surface area contributed by atoms with Crippen molar-refractivity contribution in [2.45, 2.75) is 34.9 Å². The van der Waals surface area contributed by atoms with Gasteiger partial charge in [-0.05, 0) is 23.5 Å². The van der Waals surface area contributed by atoms with Gasteiger partial charge in [0.25, 0.3) is 0 Å². The summed E-state index contributed by atoms with van der Waals surface area (Å²) in [6, 6.07) is 8.61. The average Bonchev–Trinajstić information content (AvgIpc) is 2.93. The highest BCUT2D eigenvalue weighted by Gasteiger charge is 2.32. The topological polar surface area (TPSA) is 55.0 Å². The number of anilines is 1. The summed E-state index contributed by atoms with van der Waals surface area (Å²) >= 11 is 3.40. The molecule has 0 amide bonds. The molecule has 0 aliphatic heterocycles. The average molecular weight is 320 g/mol. The van der Waals surface area contributed by atoms with Crippen LogP contribution in [0.3, 0.4) is 0 Å². The van der Waals surface area contributed by atoms with Gasteiger partial charge in [-0.2, -0.15) is 0 Å². The maximum Gasteiger partial charge on any atom is 0.208 e. The largest absolute Gasteiger partial charge is 0.353 e. The lowest BCUT2D eigenvalue weighted by atomic mass is 9.81. The fourth-order valence-corrected chi connectivity index (χ4v) is 5.08. The van der Waals surface area contributed by atoms with Crippen LogP contribution in [0.4, 0.5) is 5.13 Å². The molecular weight excluding hydrogens is 300 g/mol. The Morgan fingerprint density at radius 3 is 2.62 bits per heavy atom. The molecule has 0 radical (unpaired) electrons. The van der Waals surface area contributed by atoms with Gasteiger partial charge in [-0.25, -0.2) is 0 Å². The molecule has 112 valence electrons. The molecule has 3 atom stereocenters. The number of rotatable bonds is 3. The summed E-state index contributed by atoms with van der Waals surface area (Å²) in [6.45, 7) is 2.28. The van der Waals surface area contributed by atoms with Crippen LogP contribution in [0, 0.1) is 0 Å². The first-order chi connectivity index (χ1) is 10.1. The Morgan fingerprint density at radius 2 is 1.95 bits per heavy atom. The Bertz CT molecular complexity index is 626. The zero-order valence-electron chi connectivity index (χ0n) is 12.5. The molecule has 0 fully saturated rings. The van der Waals surface area contributed by atoms with Crippen LogP contribution in [0.5, 0.6) is 0 Å². The lowest BCUT2D eigenvalue weighted by molar-refractivity contribution is 0.527. The first kappa shape index (κ1) is 14.8. The van der Waals surface area contributed by atoms with Crippen molar-refractivity contribution in [2.75, 3.05) is 19.0 Å². The van der Waals surface area contributed by atoms with E-state index in [-0.39, 0.29) is 6.04 Å². The molecule has 1 aliphatic rings. The molecule has 0 saturated carbocycles. The van der Waals surface area contributed by atoms with Crippen molar-refractivity contribution in [3.63, 3.8) is 0 Å². The zero-order chi connectivity index (χ0) is 15.0. The third-order valence-electron chi connectivity index (χ3n) is 3.90.